The lowest BCUT2D eigenvalue weighted by molar-refractivity contribution is -0.255. The Balaban J connectivity index is 1.26. The van der Waals surface area contributed by atoms with Crippen molar-refractivity contribution >= 4 is 82.6 Å². The molecule has 5 saturated heterocycles. The topological polar surface area (TPSA) is 422 Å². The monoisotopic (exact) mass is 1860 g/mol. The van der Waals surface area contributed by atoms with E-state index in [2.05, 4.69) is 103 Å². The van der Waals surface area contributed by atoms with Crippen molar-refractivity contribution in [2.24, 2.45) is 82.9 Å². The second-order valence-electron chi connectivity index (χ2n) is 38.1. The zero-order chi connectivity index (χ0) is 97.5. The lowest BCUT2D eigenvalue weighted by Gasteiger charge is -2.43. The van der Waals surface area contributed by atoms with Crippen molar-refractivity contribution in [2.45, 2.75) is 372 Å². The number of carbonyl (C=O) groups is 14. The van der Waals surface area contributed by atoms with Crippen molar-refractivity contribution in [3.05, 3.63) is 0 Å². The molecule has 0 spiro atoms. The molecule has 5 aliphatic rings. The summed E-state index contributed by atoms with van der Waals surface area (Å²) < 4.78 is 84.7. The summed E-state index contributed by atoms with van der Waals surface area (Å²) in [6.45, 7) is 34.5. The van der Waals surface area contributed by atoms with Crippen LogP contribution in [-0.2, 0) is 129 Å². The van der Waals surface area contributed by atoms with E-state index >= 15 is 0 Å². The Morgan fingerprint density at radius 1 is 0.366 bits per heavy atom. The van der Waals surface area contributed by atoms with E-state index in [-0.39, 0.29) is 292 Å². The van der Waals surface area contributed by atoms with Gasteiger partial charge in [0.1, 0.15) is 44.1 Å². The Kier molecular flexibility index (Phi) is 53.1. The minimum absolute atomic E-state index is 0.0189. The molecule has 0 saturated carbocycles. The number of nitrogens with one attached hydrogen (secondary N) is 5. The van der Waals surface area contributed by atoms with Crippen molar-refractivity contribution < 1.29 is 130 Å². The highest BCUT2D eigenvalue weighted by molar-refractivity contribution is 5.92. The summed E-state index contributed by atoms with van der Waals surface area (Å²) in [6.07, 6.45) is 4.34. The predicted octanol–water partition coefficient (Wildman–Crippen LogP) is 11.8. The van der Waals surface area contributed by atoms with Crippen LogP contribution < -0.4 is 26.6 Å². The number of carbonyl (C=O) groups excluding carboxylic acids is 14. The van der Waals surface area contributed by atoms with Gasteiger partial charge in [0.2, 0.25) is 35.4 Å². The normalized spacial score (nSPS) is 27.9. The first-order valence-corrected chi connectivity index (χ1v) is 49.1. The van der Waals surface area contributed by atoms with E-state index in [1.807, 2.05) is 6.92 Å². The molecule has 5 heterocycles. The number of ketones is 3. The largest absolute Gasteiger partial charge is 0.463 e. The number of likely N-dealkylation sites (tertiary alicyclic amines) is 1. The molecule has 5 rings (SSSR count). The van der Waals surface area contributed by atoms with Gasteiger partial charge in [0.05, 0.1) is 43.4 Å². The highest BCUT2D eigenvalue weighted by atomic mass is 16.7. The zero-order valence-electron chi connectivity index (χ0n) is 83.1. The third-order valence-corrected chi connectivity index (χ3v) is 27.9. The van der Waals surface area contributed by atoms with Gasteiger partial charge in [-0.1, -0.05) is 95.9 Å². The van der Waals surface area contributed by atoms with Gasteiger partial charge in [0.15, 0.2) is 30.9 Å². The quantitative estimate of drug-likeness (QED) is 0.0214. The van der Waals surface area contributed by atoms with Gasteiger partial charge in [0, 0.05) is 181 Å². The first-order chi connectivity index (χ1) is 62.8. The van der Waals surface area contributed by atoms with Crippen LogP contribution in [0.4, 0.5) is 0 Å². The molecular weight excluding hydrogens is 1690 g/mol. The van der Waals surface area contributed by atoms with Crippen LogP contribution in [0.15, 0.2) is 0 Å². The standard InChI is InChI=1S/C98H166N6O27/c1-60-52-81(127-92(116)43-42-61(2)105)55-104(60)91(115)41-33-47-102-94(118)79(54-83(111)82(103-90(114)40-25-32-51-122-98-73(14)65(6)69(10)87(131-98)59-126-77(18)109)37-21-28-45-100-89(113)39-24-31-50-121-97-72(13)64(5)68(9)86(130-97)58-125-76(17)108)35-20-27-46-101-93(117)78(53-80(110)36-22-29-48-119-95-70(11)62(3)66(7)84(128-95)56-123-74(15)106)34-19-26-44-99-88(112)38-23-30-49-120-96-71(12)63(4)67(8)85(129-96)57-124-75(16)107/h60,62-73,78-79,81-82,84-87,95-98H,19-59H2,1-18H3,(H,99,112)(H,100,113)(H,101,117)(H,102,118)(H,103,114)/t60-,62+,63+,64+,65+,66-,67-,68-,69-,70?,71?,72?,73?,78?,79?,81-,82?,84?,85?,86?,87?,95-,96-,97-,98-/m1/s1/i1D. The van der Waals surface area contributed by atoms with E-state index in [1.54, 1.807) is 0 Å². The molecule has 5 fully saturated rings. The van der Waals surface area contributed by atoms with Crippen LogP contribution in [0.25, 0.3) is 0 Å². The van der Waals surface area contributed by atoms with Crippen molar-refractivity contribution in [3.63, 3.8) is 0 Å². The number of hydrogen-bond acceptors (Lipinski definition) is 27. The maximum atomic E-state index is 15.0. The fraction of sp³-hybridized carbons (Fsp3) is 0.857. The fourth-order valence-electron chi connectivity index (χ4n) is 17.7. The highest BCUT2D eigenvalue weighted by Gasteiger charge is 2.45. The molecule has 6 amide bonds. The molecule has 33 heteroatoms. The Bertz CT molecular complexity index is 3540. The van der Waals surface area contributed by atoms with Crippen LogP contribution in [0.1, 0.15) is 306 Å². The molecular formula is C98H166N6O27. The van der Waals surface area contributed by atoms with Crippen LogP contribution in [-0.4, -0.2) is 241 Å². The fourth-order valence-corrected chi connectivity index (χ4v) is 17.7. The van der Waals surface area contributed by atoms with E-state index in [1.165, 1.54) is 39.5 Å². The summed E-state index contributed by atoms with van der Waals surface area (Å²) in [5.41, 5.74) is 0. The Morgan fingerprint density at radius 2 is 0.718 bits per heavy atom. The number of ether oxygens (including phenoxy) is 13. The van der Waals surface area contributed by atoms with Gasteiger partial charge >= 0.3 is 29.8 Å². The van der Waals surface area contributed by atoms with Gasteiger partial charge in [-0.25, -0.2) is 0 Å². The summed E-state index contributed by atoms with van der Waals surface area (Å²) in [6, 6.07) is -1.55. The van der Waals surface area contributed by atoms with Crippen LogP contribution >= 0.6 is 0 Å². The molecule has 0 aromatic rings. The number of hydrogen-bond donors (Lipinski definition) is 5. The van der Waals surface area contributed by atoms with Crippen molar-refractivity contribution in [1.29, 1.82) is 0 Å². The number of amides is 6. The van der Waals surface area contributed by atoms with Crippen LogP contribution in [0.5, 0.6) is 0 Å². The summed E-state index contributed by atoms with van der Waals surface area (Å²) in [5.74, 6) is -4.50. The van der Waals surface area contributed by atoms with Gasteiger partial charge in [-0.15, -0.1) is 0 Å². The summed E-state index contributed by atoms with van der Waals surface area (Å²) in [4.78, 5) is 184. The molecule has 0 radical (unpaired) electrons. The SMILES string of the molecule is [2H]C[C@@H]1C[C@@H](OC(=O)CCC(C)=O)CN1C(=O)CCCNC(=O)C(CCCCNC(=O)C(CCCCNC(=O)CCCCO[C@@H]1OC(COC(C)=O)[C@H](C)[C@H](C)C1C)CC(=O)CCCCO[C@@H]1OC(COC(C)=O)[C@H](C)[C@H](C)C1C)CC(=O)C(CCCCNC(=O)CCCCO[C@@H]1OC(COC(C)=O)[C@H](C)[C@H](C)C1C)NC(=O)CCCCO[C@@H]1OC(COC(C)=O)[C@H](C)[C@H](C)C1C. The number of rotatable bonds is 63. The number of nitrogens with zero attached hydrogens (tertiary/aromatic N) is 1. The number of Topliss-reactive ketones (excluding diaryl/α,β-unsaturated/α-hetero) is 3. The molecule has 25 atom stereocenters. The second kappa shape index (κ2) is 61.8. The van der Waals surface area contributed by atoms with Crippen LogP contribution in [0.3, 0.4) is 0 Å². The highest BCUT2D eigenvalue weighted by Crippen LogP contribution is 2.40. The van der Waals surface area contributed by atoms with E-state index < -0.39 is 90.7 Å². The van der Waals surface area contributed by atoms with Crippen LogP contribution in [0.2, 0.25) is 0 Å². The van der Waals surface area contributed by atoms with Gasteiger partial charge in [0.25, 0.3) is 0 Å². The van der Waals surface area contributed by atoms with Crippen molar-refractivity contribution in [1.82, 2.24) is 31.5 Å². The van der Waals surface area contributed by atoms with Gasteiger partial charge < -0.3 is 97.9 Å². The smallest absolute Gasteiger partial charge is 0.306 e. The Hall–Kier alpha value is -7.14. The molecule has 11 unspecified atom stereocenters. The summed E-state index contributed by atoms with van der Waals surface area (Å²) in [5, 5.41) is 15.0. The van der Waals surface area contributed by atoms with Crippen molar-refractivity contribution in [2.75, 3.05) is 85.6 Å². The molecule has 0 aliphatic carbocycles. The maximum absolute atomic E-state index is 15.0. The van der Waals surface area contributed by atoms with Gasteiger partial charge in [-0.05, 0) is 164 Å². The van der Waals surface area contributed by atoms with E-state index in [0.29, 0.717) is 123 Å². The molecule has 5 aliphatic heterocycles. The minimum atomic E-state index is -1.04. The number of esters is 5. The first kappa shape index (κ1) is 113. The van der Waals surface area contributed by atoms with E-state index in [4.69, 9.17) is 62.9 Å². The predicted molar refractivity (Wildman–Crippen MR) is 487 cm³/mol. The first-order valence-electron chi connectivity index (χ1n) is 49.8. The van der Waals surface area contributed by atoms with E-state index in [9.17, 15) is 67.1 Å². The molecule has 131 heavy (non-hydrogen) atoms. The molecule has 0 aromatic heterocycles. The third kappa shape index (κ3) is 42.8. The summed E-state index contributed by atoms with van der Waals surface area (Å²) in [7, 11) is 0. The lowest BCUT2D eigenvalue weighted by Crippen LogP contribution is -2.47. The average molecular weight is 1860 g/mol. The van der Waals surface area contributed by atoms with Gasteiger partial charge in [-0.2, -0.15) is 0 Å². The molecule has 33 nitrogen and oxygen atoms in total. The summed E-state index contributed by atoms with van der Waals surface area (Å²) >= 11 is 0. The minimum Gasteiger partial charge on any atom is -0.463 e. The Morgan fingerprint density at radius 3 is 1.09 bits per heavy atom. The number of unbranched alkanes of at least 4 members (excludes halogenated alkanes) is 7. The maximum Gasteiger partial charge on any atom is 0.306 e. The average Bonchev–Trinajstić information content (AvgIpc) is 1.19. The lowest BCUT2D eigenvalue weighted by atomic mass is 9.79. The van der Waals surface area contributed by atoms with Gasteiger partial charge in [-0.3, -0.25) is 62.3 Å². The second-order valence-corrected chi connectivity index (χ2v) is 38.1. The molecule has 0 bridgehead atoms. The Labute approximate surface area is 781 Å². The molecule has 5 N–H and O–H groups in total. The molecule has 750 valence electrons. The third-order valence-electron chi connectivity index (χ3n) is 27.9. The van der Waals surface area contributed by atoms with E-state index in [0.717, 1.165) is 0 Å². The van der Waals surface area contributed by atoms with Crippen LogP contribution in [0, 0.1) is 82.9 Å². The molecule has 0 aromatic carbocycles. The van der Waals surface area contributed by atoms with Crippen molar-refractivity contribution in [3.8, 4) is 0 Å². The zero-order valence-corrected chi connectivity index (χ0v) is 82.1.